The first-order chi connectivity index (χ1) is 10.6. The van der Waals surface area contributed by atoms with Crippen LogP contribution in [-0.2, 0) is 11.3 Å². The third kappa shape index (κ3) is 4.37. The zero-order chi connectivity index (χ0) is 15.9. The molecule has 1 heterocycles. The van der Waals surface area contributed by atoms with Crippen molar-refractivity contribution in [1.82, 2.24) is 9.88 Å². The highest BCUT2D eigenvalue weighted by molar-refractivity contribution is 5.94. The van der Waals surface area contributed by atoms with E-state index in [2.05, 4.69) is 4.98 Å². The topological polar surface area (TPSA) is 70.5 Å². The third-order valence-electron chi connectivity index (χ3n) is 3.03. The molecule has 1 amide bonds. The molecule has 0 saturated carbocycles. The number of carboxylic acid groups (broad SMARTS) is 1. The second-order valence-electron chi connectivity index (χ2n) is 4.70. The summed E-state index contributed by atoms with van der Waals surface area (Å²) in [5.74, 6) is -1.94. The molecule has 0 aliphatic heterocycles. The lowest BCUT2D eigenvalue weighted by atomic mass is 10.1. The first-order valence-corrected chi connectivity index (χ1v) is 6.73. The average Bonchev–Trinajstić information content (AvgIpc) is 2.51. The fourth-order valence-electron chi connectivity index (χ4n) is 1.97. The van der Waals surface area contributed by atoms with E-state index in [1.54, 1.807) is 24.4 Å². The summed E-state index contributed by atoms with van der Waals surface area (Å²) in [5, 5.41) is 8.81. The van der Waals surface area contributed by atoms with Crippen molar-refractivity contribution in [3.05, 3.63) is 65.7 Å². The van der Waals surface area contributed by atoms with E-state index < -0.39 is 17.7 Å². The van der Waals surface area contributed by atoms with Gasteiger partial charge in [0.1, 0.15) is 5.82 Å². The molecule has 0 radical (unpaired) electrons. The van der Waals surface area contributed by atoms with Crippen molar-refractivity contribution in [3.8, 4) is 0 Å². The summed E-state index contributed by atoms with van der Waals surface area (Å²) < 4.78 is 13.3. The van der Waals surface area contributed by atoms with E-state index in [1.165, 1.54) is 23.1 Å². The van der Waals surface area contributed by atoms with Crippen molar-refractivity contribution >= 4 is 11.9 Å². The molecule has 0 bridgehead atoms. The van der Waals surface area contributed by atoms with Gasteiger partial charge in [0, 0.05) is 18.3 Å². The largest absolute Gasteiger partial charge is 0.481 e. The number of carbonyl (C=O) groups excluding carboxylic acids is 1. The van der Waals surface area contributed by atoms with E-state index in [0.717, 1.165) is 6.07 Å². The van der Waals surface area contributed by atoms with Gasteiger partial charge in [0.05, 0.1) is 18.7 Å². The molecular weight excluding hydrogens is 287 g/mol. The molecule has 114 valence electrons. The van der Waals surface area contributed by atoms with Gasteiger partial charge in [-0.05, 0) is 30.3 Å². The second kappa shape index (κ2) is 7.31. The number of hydrogen-bond donors (Lipinski definition) is 1. The Morgan fingerprint density at radius 2 is 2.00 bits per heavy atom. The van der Waals surface area contributed by atoms with Crippen LogP contribution in [0.4, 0.5) is 4.39 Å². The van der Waals surface area contributed by atoms with Crippen molar-refractivity contribution in [2.45, 2.75) is 13.0 Å². The molecule has 1 aromatic carbocycles. The molecular formula is C16H15FN2O3. The summed E-state index contributed by atoms with van der Waals surface area (Å²) in [7, 11) is 0. The molecule has 0 saturated heterocycles. The van der Waals surface area contributed by atoms with Gasteiger partial charge in [-0.1, -0.05) is 12.1 Å². The van der Waals surface area contributed by atoms with Crippen LogP contribution in [0.25, 0.3) is 0 Å². The SMILES string of the molecule is O=C(O)CCN(Cc1ccccn1)C(=O)c1cccc(F)c1. The summed E-state index contributed by atoms with van der Waals surface area (Å²) in [4.78, 5) is 28.7. The van der Waals surface area contributed by atoms with Crippen LogP contribution in [-0.4, -0.2) is 33.4 Å². The maximum atomic E-state index is 13.3. The lowest BCUT2D eigenvalue weighted by Crippen LogP contribution is -2.33. The van der Waals surface area contributed by atoms with Crippen LogP contribution in [0.2, 0.25) is 0 Å². The Balaban J connectivity index is 2.19. The van der Waals surface area contributed by atoms with Gasteiger partial charge in [-0.25, -0.2) is 4.39 Å². The number of aromatic nitrogens is 1. The van der Waals surface area contributed by atoms with Gasteiger partial charge < -0.3 is 10.0 Å². The van der Waals surface area contributed by atoms with Gasteiger partial charge in [-0.3, -0.25) is 14.6 Å². The Bertz CT molecular complexity index is 661. The monoisotopic (exact) mass is 302 g/mol. The van der Waals surface area contributed by atoms with Crippen molar-refractivity contribution in [2.24, 2.45) is 0 Å². The van der Waals surface area contributed by atoms with Crippen molar-refractivity contribution in [3.63, 3.8) is 0 Å². The van der Waals surface area contributed by atoms with Crippen LogP contribution in [0.5, 0.6) is 0 Å². The Morgan fingerprint density at radius 1 is 1.18 bits per heavy atom. The first-order valence-electron chi connectivity index (χ1n) is 6.73. The average molecular weight is 302 g/mol. The van der Waals surface area contributed by atoms with E-state index in [0.29, 0.717) is 5.69 Å². The molecule has 0 fully saturated rings. The molecule has 5 nitrogen and oxygen atoms in total. The molecule has 2 aromatic rings. The molecule has 1 aromatic heterocycles. The molecule has 1 N–H and O–H groups in total. The predicted octanol–water partition coefficient (Wildman–Crippen LogP) is 2.34. The number of carboxylic acids is 1. The molecule has 0 aliphatic rings. The number of amides is 1. The Morgan fingerprint density at radius 3 is 2.64 bits per heavy atom. The summed E-state index contributed by atoms with van der Waals surface area (Å²) in [6.07, 6.45) is 1.41. The van der Waals surface area contributed by atoms with Gasteiger partial charge in [0.2, 0.25) is 0 Å². The van der Waals surface area contributed by atoms with E-state index >= 15 is 0 Å². The van der Waals surface area contributed by atoms with Crippen LogP contribution >= 0.6 is 0 Å². The third-order valence-corrected chi connectivity index (χ3v) is 3.03. The van der Waals surface area contributed by atoms with Gasteiger partial charge >= 0.3 is 5.97 Å². The van der Waals surface area contributed by atoms with E-state index in [-0.39, 0.29) is 25.1 Å². The quantitative estimate of drug-likeness (QED) is 0.889. The normalized spacial score (nSPS) is 10.2. The number of aliphatic carboxylic acids is 1. The lowest BCUT2D eigenvalue weighted by molar-refractivity contribution is -0.137. The molecule has 0 spiro atoms. The van der Waals surface area contributed by atoms with Crippen LogP contribution in [0.1, 0.15) is 22.5 Å². The minimum absolute atomic E-state index is 0.0290. The number of benzene rings is 1. The zero-order valence-corrected chi connectivity index (χ0v) is 11.8. The van der Waals surface area contributed by atoms with Gasteiger partial charge in [-0.15, -0.1) is 0 Å². The van der Waals surface area contributed by atoms with Crippen LogP contribution in [0, 0.1) is 5.82 Å². The smallest absolute Gasteiger partial charge is 0.305 e. The maximum absolute atomic E-state index is 13.3. The van der Waals surface area contributed by atoms with Crippen molar-refractivity contribution < 1.29 is 19.1 Å². The van der Waals surface area contributed by atoms with E-state index in [9.17, 15) is 14.0 Å². The number of carbonyl (C=O) groups is 2. The number of halogens is 1. The van der Waals surface area contributed by atoms with E-state index in [1.807, 2.05) is 0 Å². The Kier molecular flexibility index (Phi) is 5.19. The van der Waals surface area contributed by atoms with Crippen molar-refractivity contribution in [1.29, 1.82) is 0 Å². The van der Waals surface area contributed by atoms with Gasteiger partial charge in [0.15, 0.2) is 0 Å². The van der Waals surface area contributed by atoms with Crippen LogP contribution in [0.15, 0.2) is 48.7 Å². The summed E-state index contributed by atoms with van der Waals surface area (Å²) in [6.45, 7) is 0.199. The van der Waals surface area contributed by atoms with Crippen LogP contribution in [0.3, 0.4) is 0 Å². The molecule has 2 rings (SSSR count). The molecule has 0 aliphatic carbocycles. The number of pyridine rings is 1. The van der Waals surface area contributed by atoms with Crippen LogP contribution < -0.4 is 0 Å². The summed E-state index contributed by atoms with van der Waals surface area (Å²) in [6, 6.07) is 10.6. The number of rotatable bonds is 6. The summed E-state index contributed by atoms with van der Waals surface area (Å²) >= 11 is 0. The summed E-state index contributed by atoms with van der Waals surface area (Å²) in [5.41, 5.74) is 0.818. The predicted molar refractivity (Wildman–Crippen MR) is 77.6 cm³/mol. The molecule has 22 heavy (non-hydrogen) atoms. The standard InChI is InChI=1S/C16H15FN2O3/c17-13-5-3-4-12(10-13)16(22)19(9-7-15(20)21)11-14-6-1-2-8-18-14/h1-6,8,10H,7,9,11H2,(H,20,21). The number of nitrogens with zero attached hydrogens (tertiary/aromatic N) is 2. The highest BCUT2D eigenvalue weighted by atomic mass is 19.1. The van der Waals surface area contributed by atoms with Crippen molar-refractivity contribution in [2.75, 3.05) is 6.54 Å². The Hall–Kier alpha value is -2.76. The van der Waals surface area contributed by atoms with E-state index in [4.69, 9.17) is 5.11 Å². The lowest BCUT2D eigenvalue weighted by Gasteiger charge is -2.21. The molecule has 0 unspecified atom stereocenters. The fourth-order valence-corrected chi connectivity index (χ4v) is 1.97. The van der Waals surface area contributed by atoms with Gasteiger partial charge in [-0.2, -0.15) is 0 Å². The minimum atomic E-state index is -1.00. The Labute approximate surface area is 127 Å². The maximum Gasteiger partial charge on any atom is 0.305 e. The second-order valence-corrected chi connectivity index (χ2v) is 4.70. The number of hydrogen-bond acceptors (Lipinski definition) is 3. The zero-order valence-electron chi connectivity index (χ0n) is 11.8. The molecule has 0 atom stereocenters. The minimum Gasteiger partial charge on any atom is -0.481 e. The first kappa shape index (κ1) is 15.6. The fraction of sp³-hybridized carbons (Fsp3) is 0.188. The molecule has 6 heteroatoms. The highest BCUT2D eigenvalue weighted by Gasteiger charge is 2.18. The highest BCUT2D eigenvalue weighted by Crippen LogP contribution is 2.11. The van der Waals surface area contributed by atoms with Gasteiger partial charge in [0.25, 0.3) is 5.91 Å².